The number of carbonyl (C=O) groups is 1. The van der Waals surface area contributed by atoms with Crippen molar-refractivity contribution in [1.82, 2.24) is 5.32 Å². The van der Waals surface area contributed by atoms with E-state index in [1.165, 1.54) is 11.1 Å². The van der Waals surface area contributed by atoms with Crippen molar-refractivity contribution in [2.45, 2.75) is 33.2 Å². The van der Waals surface area contributed by atoms with Crippen LogP contribution in [0.5, 0.6) is 11.5 Å². The second-order valence-electron chi connectivity index (χ2n) is 5.83. The van der Waals surface area contributed by atoms with Gasteiger partial charge in [0.2, 0.25) is 0 Å². The Kier molecular flexibility index (Phi) is 6.24. The van der Waals surface area contributed by atoms with Crippen LogP contribution in [-0.2, 0) is 4.79 Å². The molecule has 2 aromatic carbocycles. The molecule has 128 valence electrons. The van der Waals surface area contributed by atoms with Crippen molar-refractivity contribution in [3.8, 4) is 11.5 Å². The summed E-state index contributed by atoms with van der Waals surface area (Å²) in [5.41, 5.74) is 3.55. The number of rotatable bonds is 7. The number of hydrogen-bond acceptors (Lipinski definition) is 3. The lowest BCUT2D eigenvalue weighted by atomic mass is 9.97. The molecule has 0 aliphatic carbocycles. The van der Waals surface area contributed by atoms with Gasteiger partial charge in [-0.05, 0) is 43.5 Å². The summed E-state index contributed by atoms with van der Waals surface area (Å²) in [6.45, 7) is 6.16. The molecule has 1 amide bonds. The van der Waals surface area contributed by atoms with Gasteiger partial charge in [0.05, 0.1) is 13.2 Å². The van der Waals surface area contributed by atoms with Gasteiger partial charge >= 0.3 is 0 Å². The van der Waals surface area contributed by atoms with Crippen LogP contribution in [0.4, 0.5) is 0 Å². The number of carbonyl (C=O) groups excluding carboxylic acids is 1. The largest absolute Gasteiger partial charge is 0.493 e. The Morgan fingerprint density at radius 2 is 1.83 bits per heavy atom. The van der Waals surface area contributed by atoms with E-state index in [-0.39, 0.29) is 18.6 Å². The average Bonchev–Trinajstić information content (AvgIpc) is 2.58. The molecule has 4 nitrogen and oxygen atoms in total. The average molecular weight is 327 g/mol. The standard InChI is InChI=1S/C20H25NO3/c1-5-17(16-11-10-14(2)12-15(16)3)21-20(22)13-24-19-9-7-6-8-18(19)23-4/h6-12,17H,5,13H2,1-4H3,(H,21,22). The fraction of sp³-hybridized carbons (Fsp3) is 0.350. The van der Waals surface area contributed by atoms with E-state index >= 15 is 0 Å². The Balaban J connectivity index is 1.99. The van der Waals surface area contributed by atoms with E-state index in [9.17, 15) is 4.79 Å². The Morgan fingerprint density at radius 1 is 1.12 bits per heavy atom. The molecule has 1 unspecified atom stereocenters. The van der Waals surface area contributed by atoms with Gasteiger partial charge in [0.15, 0.2) is 18.1 Å². The molecule has 0 aromatic heterocycles. The van der Waals surface area contributed by atoms with Gasteiger partial charge in [0.1, 0.15) is 0 Å². The summed E-state index contributed by atoms with van der Waals surface area (Å²) in [5.74, 6) is 1.04. The van der Waals surface area contributed by atoms with Crippen molar-refractivity contribution in [2.75, 3.05) is 13.7 Å². The predicted molar refractivity (Wildman–Crippen MR) is 95.6 cm³/mol. The molecule has 2 aromatic rings. The van der Waals surface area contributed by atoms with E-state index in [1.54, 1.807) is 19.2 Å². The van der Waals surface area contributed by atoms with Crippen LogP contribution in [0.2, 0.25) is 0 Å². The summed E-state index contributed by atoms with van der Waals surface area (Å²) in [7, 11) is 1.58. The van der Waals surface area contributed by atoms with Crippen LogP contribution in [0.15, 0.2) is 42.5 Å². The minimum absolute atomic E-state index is 0.0145. The zero-order valence-electron chi connectivity index (χ0n) is 14.8. The molecule has 0 aliphatic heterocycles. The number of methoxy groups -OCH3 is 1. The van der Waals surface area contributed by atoms with Gasteiger partial charge in [-0.1, -0.05) is 42.8 Å². The van der Waals surface area contributed by atoms with Gasteiger partial charge < -0.3 is 14.8 Å². The fourth-order valence-corrected chi connectivity index (χ4v) is 2.73. The van der Waals surface area contributed by atoms with E-state index in [0.29, 0.717) is 11.5 Å². The Labute approximate surface area is 143 Å². The van der Waals surface area contributed by atoms with Crippen LogP contribution in [0, 0.1) is 13.8 Å². The van der Waals surface area contributed by atoms with Crippen LogP contribution < -0.4 is 14.8 Å². The normalized spacial score (nSPS) is 11.7. The van der Waals surface area contributed by atoms with E-state index in [1.807, 2.05) is 12.1 Å². The maximum atomic E-state index is 12.3. The zero-order chi connectivity index (χ0) is 17.5. The molecule has 0 bridgehead atoms. The highest BCUT2D eigenvalue weighted by Gasteiger charge is 2.15. The number of nitrogens with one attached hydrogen (secondary N) is 1. The lowest BCUT2D eigenvalue weighted by Crippen LogP contribution is -2.32. The molecule has 0 spiro atoms. The molecule has 0 heterocycles. The molecule has 2 rings (SSSR count). The van der Waals surface area contributed by atoms with Crippen molar-refractivity contribution in [3.63, 3.8) is 0 Å². The third-order valence-corrected chi connectivity index (χ3v) is 3.97. The summed E-state index contributed by atoms with van der Waals surface area (Å²) in [6, 6.07) is 13.6. The SMILES string of the molecule is CCC(NC(=O)COc1ccccc1OC)c1ccc(C)cc1C. The third kappa shape index (κ3) is 4.51. The summed E-state index contributed by atoms with van der Waals surface area (Å²) >= 11 is 0. The highest BCUT2D eigenvalue weighted by Crippen LogP contribution is 2.26. The van der Waals surface area contributed by atoms with Crippen molar-refractivity contribution in [3.05, 3.63) is 59.2 Å². The quantitative estimate of drug-likeness (QED) is 0.837. The molecule has 1 N–H and O–H groups in total. The molecular weight excluding hydrogens is 302 g/mol. The van der Waals surface area contributed by atoms with E-state index in [4.69, 9.17) is 9.47 Å². The first kappa shape index (κ1) is 17.9. The van der Waals surface area contributed by atoms with Gasteiger partial charge in [0, 0.05) is 0 Å². The number of benzene rings is 2. The number of hydrogen-bond donors (Lipinski definition) is 1. The molecule has 0 saturated heterocycles. The topological polar surface area (TPSA) is 47.6 Å². The molecule has 0 aliphatic rings. The Bertz CT molecular complexity index is 697. The van der Waals surface area contributed by atoms with Gasteiger partial charge in [-0.15, -0.1) is 0 Å². The van der Waals surface area contributed by atoms with E-state index in [2.05, 4.69) is 44.3 Å². The van der Waals surface area contributed by atoms with Crippen molar-refractivity contribution < 1.29 is 14.3 Å². The molecule has 0 fully saturated rings. The molecule has 4 heteroatoms. The fourth-order valence-electron chi connectivity index (χ4n) is 2.73. The molecule has 1 atom stereocenters. The van der Waals surface area contributed by atoms with Crippen LogP contribution in [0.3, 0.4) is 0 Å². The van der Waals surface area contributed by atoms with Crippen LogP contribution in [-0.4, -0.2) is 19.6 Å². The minimum atomic E-state index is -0.146. The van der Waals surface area contributed by atoms with Crippen LogP contribution >= 0.6 is 0 Å². The van der Waals surface area contributed by atoms with Crippen molar-refractivity contribution >= 4 is 5.91 Å². The minimum Gasteiger partial charge on any atom is -0.493 e. The lowest BCUT2D eigenvalue weighted by Gasteiger charge is -2.20. The summed E-state index contributed by atoms with van der Waals surface area (Å²) in [6.07, 6.45) is 0.824. The molecule has 0 saturated carbocycles. The van der Waals surface area contributed by atoms with Gasteiger partial charge in [0.25, 0.3) is 5.91 Å². The first-order valence-corrected chi connectivity index (χ1v) is 8.17. The monoisotopic (exact) mass is 327 g/mol. The highest BCUT2D eigenvalue weighted by atomic mass is 16.5. The second kappa shape index (κ2) is 8.39. The first-order valence-electron chi connectivity index (χ1n) is 8.17. The smallest absolute Gasteiger partial charge is 0.258 e. The number of ether oxygens (including phenoxy) is 2. The Hall–Kier alpha value is -2.49. The maximum absolute atomic E-state index is 12.3. The maximum Gasteiger partial charge on any atom is 0.258 e. The van der Waals surface area contributed by atoms with Crippen LogP contribution in [0.25, 0.3) is 0 Å². The van der Waals surface area contributed by atoms with Crippen molar-refractivity contribution in [1.29, 1.82) is 0 Å². The van der Waals surface area contributed by atoms with E-state index in [0.717, 1.165) is 12.0 Å². The van der Waals surface area contributed by atoms with Gasteiger partial charge in [-0.25, -0.2) is 0 Å². The predicted octanol–water partition coefficient (Wildman–Crippen LogP) is 3.96. The molecule has 0 radical (unpaired) electrons. The number of amides is 1. The summed E-state index contributed by atoms with van der Waals surface area (Å²) in [4.78, 5) is 12.3. The number of para-hydroxylation sites is 2. The summed E-state index contributed by atoms with van der Waals surface area (Å²) < 4.78 is 10.8. The first-order chi connectivity index (χ1) is 11.5. The highest BCUT2D eigenvalue weighted by molar-refractivity contribution is 5.78. The van der Waals surface area contributed by atoms with Gasteiger partial charge in [-0.2, -0.15) is 0 Å². The summed E-state index contributed by atoms with van der Waals surface area (Å²) in [5, 5.41) is 3.05. The molecule has 24 heavy (non-hydrogen) atoms. The van der Waals surface area contributed by atoms with Crippen molar-refractivity contribution in [2.24, 2.45) is 0 Å². The third-order valence-electron chi connectivity index (χ3n) is 3.97. The lowest BCUT2D eigenvalue weighted by molar-refractivity contribution is -0.123. The Morgan fingerprint density at radius 3 is 2.46 bits per heavy atom. The number of aryl methyl sites for hydroxylation is 2. The van der Waals surface area contributed by atoms with Gasteiger partial charge in [-0.3, -0.25) is 4.79 Å². The van der Waals surface area contributed by atoms with Crippen LogP contribution in [0.1, 0.15) is 36.1 Å². The second-order valence-corrected chi connectivity index (χ2v) is 5.83. The zero-order valence-corrected chi connectivity index (χ0v) is 14.8. The van der Waals surface area contributed by atoms with E-state index < -0.39 is 0 Å². The molecular formula is C20H25NO3.